The van der Waals surface area contributed by atoms with Gasteiger partial charge >= 0.3 is 0 Å². The highest BCUT2D eigenvalue weighted by molar-refractivity contribution is 7.84. The van der Waals surface area contributed by atoms with Crippen molar-refractivity contribution < 1.29 is 4.21 Å². The number of para-hydroxylation sites is 1. The van der Waals surface area contributed by atoms with Crippen LogP contribution in [-0.2, 0) is 17.8 Å². The quantitative estimate of drug-likeness (QED) is 0.712. The summed E-state index contributed by atoms with van der Waals surface area (Å²) in [7, 11) is 0.383. The first-order chi connectivity index (χ1) is 7.11. The number of aromatic nitrogens is 2. The Hall–Kier alpha value is -1.49. The highest BCUT2D eigenvalue weighted by Gasteiger charge is 2.10. The molecule has 78 valence electrons. The van der Waals surface area contributed by atoms with Crippen LogP contribution >= 0.6 is 0 Å². The number of nitrogens with zero attached hydrogens (tertiary/aromatic N) is 2. The number of fused-ring (bicyclic) bond motifs is 1. The third-order valence-electron chi connectivity index (χ3n) is 2.20. The van der Waals surface area contributed by atoms with Gasteiger partial charge in [-0.05, 0) is 12.1 Å². The lowest BCUT2D eigenvalue weighted by Crippen LogP contribution is -2.17. The van der Waals surface area contributed by atoms with Gasteiger partial charge in [0.25, 0.3) is 0 Å². The SMILES string of the molecule is Cn1nc([S@](C)=O)c(=O)c2ccccc21. The molecule has 1 aromatic carbocycles. The molecule has 4 nitrogen and oxygen atoms in total. The molecule has 2 rings (SSSR count). The highest BCUT2D eigenvalue weighted by atomic mass is 32.2. The summed E-state index contributed by atoms with van der Waals surface area (Å²) in [5.74, 6) is 0. The maximum Gasteiger partial charge on any atom is 0.224 e. The Bertz CT molecular complexity index is 604. The van der Waals surface area contributed by atoms with Crippen LogP contribution in [-0.4, -0.2) is 20.2 Å². The van der Waals surface area contributed by atoms with Gasteiger partial charge in [0.15, 0.2) is 5.03 Å². The normalized spacial score (nSPS) is 12.9. The van der Waals surface area contributed by atoms with Crippen molar-refractivity contribution in [3.8, 4) is 0 Å². The zero-order valence-electron chi connectivity index (χ0n) is 8.43. The van der Waals surface area contributed by atoms with E-state index in [-0.39, 0.29) is 10.5 Å². The van der Waals surface area contributed by atoms with Crippen LogP contribution in [0.2, 0.25) is 0 Å². The highest BCUT2D eigenvalue weighted by Crippen LogP contribution is 2.08. The van der Waals surface area contributed by atoms with Crippen molar-refractivity contribution in [3.63, 3.8) is 0 Å². The van der Waals surface area contributed by atoms with Crippen molar-refractivity contribution in [1.29, 1.82) is 0 Å². The van der Waals surface area contributed by atoms with Gasteiger partial charge in [-0.3, -0.25) is 13.7 Å². The van der Waals surface area contributed by atoms with Gasteiger partial charge in [-0.25, -0.2) is 0 Å². The van der Waals surface area contributed by atoms with Crippen LogP contribution in [0.3, 0.4) is 0 Å². The molecule has 0 radical (unpaired) electrons. The number of aryl methyl sites for hydroxylation is 1. The molecule has 0 bridgehead atoms. The van der Waals surface area contributed by atoms with Gasteiger partial charge in [-0.15, -0.1) is 0 Å². The van der Waals surface area contributed by atoms with E-state index in [1.807, 2.05) is 12.1 Å². The second kappa shape index (κ2) is 3.58. The second-order valence-corrected chi connectivity index (χ2v) is 4.52. The topological polar surface area (TPSA) is 52.0 Å². The lowest BCUT2D eigenvalue weighted by atomic mass is 10.2. The Balaban J connectivity index is 2.97. The molecular formula is C10H10N2O2S. The second-order valence-electron chi connectivity index (χ2n) is 3.23. The smallest absolute Gasteiger partial charge is 0.224 e. The summed E-state index contributed by atoms with van der Waals surface area (Å²) < 4.78 is 12.9. The Morgan fingerprint density at radius 2 is 2.00 bits per heavy atom. The fraction of sp³-hybridized carbons (Fsp3) is 0.200. The summed E-state index contributed by atoms with van der Waals surface area (Å²) in [6.07, 6.45) is 1.46. The molecule has 0 fully saturated rings. The van der Waals surface area contributed by atoms with Crippen molar-refractivity contribution >= 4 is 21.7 Å². The minimum atomic E-state index is -1.35. The molecule has 0 unspecified atom stereocenters. The maximum atomic E-state index is 11.9. The summed E-state index contributed by atoms with van der Waals surface area (Å²) >= 11 is 0. The molecule has 0 aliphatic heterocycles. The minimum absolute atomic E-state index is 0.108. The summed E-state index contributed by atoms with van der Waals surface area (Å²) in [6.45, 7) is 0. The van der Waals surface area contributed by atoms with Gasteiger partial charge in [0.05, 0.1) is 21.7 Å². The van der Waals surface area contributed by atoms with Crippen LogP contribution in [0.1, 0.15) is 0 Å². The average Bonchev–Trinajstić information content (AvgIpc) is 2.23. The lowest BCUT2D eigenvalue weighted by molar-refractivity contribution is 0.668. The van der Waals surface area contributed by atoms with E-state index in [1.165, 1.54) is 6.26 Å². The molecule has 0 spiro atoms. The third-order valence-corrected chi connectivity index (χ3v) is 3.02. The van der Waals surface area contributed by atoms with E-state index in [0.29, 0.717) is 5.39 Å². The number of benzene rings is 1. The van der Waals surface area contributed by atoms with E-state index >= 15 is 0 Å². The predicted molar refractivity (Wildman–Crippen MR) is 59.3 cm³/mol. The fourth-order valence-corrected chi connectivity index (χ4v) is 2.10. The van der Waals surface area contributed by atoms with E-state index in [9.17, 15) is 9.00 Å². The third kappa shape index (κ3) is 1.59. The van der Waals surface area contributed by atoms with Crippen LogP contribution in [0.15, 0.2) is 34.1 Å². The molecule has 1 heterocycles. The van der Waals surface area contributed by atoms with Crippen LogP contribution in [0.4, 0.5) is 0 Å². The van der Waals surface area contributed by atoms with Gasteiger partial charge in [0, 0.05) is 13.3 Å². The summed E-state index contributed by atoms with van der Waals surface area (Å²) in [5.41, 5.74) is 0.501. The van der Waals surface area contributed by atoms with Crippen molar-refractivity contribution in [2.75, 3.05) is 6.26 Å². The Kier molecular flexibility index (Phi) is 2.40. The van der Waals surface area contributed by atoms with Crippen LogP contribution < -0.4 is 5.43 Å². The predicted octanol–water partition coefficient (Wildman–Crippen LogP) is 0.671. The van der Waals surface area contributed by atoms with Crippen molar-refractivity contribution in [2.45, 2.75) is 5.03 Å². The molecule has 1 atom stereocenters. The van der Waals surface area contributed by atoms with Crippen molar-refractivity contribution in [3.05, 3.63) is 34.5 Å². The Labute approximate surface area is 89.0 Å². The van der Waals surface area contributed by atoms with Gasteiger partial charge < -0.3 is 0 Å². The first-order valence-corrected chi connectivity index (χ1v) is 5.96. The van der Waals surface area contributed by atoms with E-state index in [2.05, 4.69) is 5.10 Å². The lowest BCUT2D eigenvalue weighted by Gasteiger charge is -2.05. The molecule has 0 amide bonds. The monoisotopic (exact) mass is 222 g/mol. The van der Waals surface area contributed by atoms with E-state index in [4.69, 9.17) is 0 Å². The van der Waals surface area contributed by atoms with Gasteiger partial charge in [-0.1, -0.05) is 12.1 Å². The van der Waals surface area contributed by atoms with Crippen molar-refractivity contribution in [1.82, 2.24) is 9.78 Å². The standard InChI is InChI=1S/C10H10N2O2S/c1-12-8-6-4-3-5-7(8)9(13)10(11-12)15(2)14/h3-6H,1-2H3/t15-/m0/s1. The van der Waals surface area contributed by atoms with Crippen LogP contribution in [0.5, 0.6) is 0 Å². The molecule has 15 heavy (non-hydrogen) atoms. The van der Waals surface area contributed by atoms with Gasteiger partial charge in [-0.2, -0.15) is 5.10 Å². The summed E-state index contributed by atoms with van der Waals surface area (Å²) in [5, 5.41) is 4.67. The molecule has 5 heteroatoms. The molecule has 0 N–H and O–H groups in total. The first kappa shape index (κ1) is 10.0. The molecule has 2 aromatic rings. The molecule has 0 saturated heterocycles. The average molecular weight is 222 g/mol. The van der Waals surface area contributed by atoms with Crippen LogP contribution in [0.25, 0.3) is 10.9 Å². The molecule has 0 aliphatic carbocycles. The van der Waals surface area contributed by atoms with Gasteiger partial charge in [0.1, 0.15) is 0 Å². The Morgan fingerprint density at radius 1 is 1.33 bits per heavy atom. The number of rotatable bonds is 1. The number of hydrogen-bond donors (Lipinski definition) is 0. The molecular weight excluding hydrogens is 212 g/mol. The van der Waals surface area contributed by atoms with E-state index in [0.717, 1.165) is 5.52 Å². The summed E-state index contributed by atoms with van der Waals surface area (Å²) in [4.78, 5) is 11.9. The fourth-order valence-electron chi connectivity index (χ4n) is 1.49. The summed E-state index contributed by atoms with van der Waals surface area (Å²) in [6, 6.07) is 7.15. The number of hydrogen-bond acceptors (Lipinski definition) is 3. The van der Waals surface area contributed by atoms with E-state index in [1.54, 1.807) is 23.9 Å². The Morgan fingerprint density at radius 3 is 2.67 bits per heavy atom. The van der Waals surface area contributed by atoms with E-state index < -0.39 is 10.8 Å². The minimum Gasteiger partial charge on any atom is -0.286 e. The van der Waals surface area contributed by atoms with Gasteiger partial charge in [0.2, 0.25) is 5.43 Å². The zero-order chi connectivity index (χ0) is 11.0. The maximum absolute atomic E-state index is 11.9. The van der Waals surface area contributed by atoms with Crippen LogP contribution in [0, 0.1) is 0 Å². The molecule has 0 saturated carbocycles. The molecule has 0 aliphatic rings. The van der Waals surface area contributed by atoms with Crippen molar-refractivity contribution in [2.24, 2.45) is 7.05 Å². The molecule has 1 aromatic heterocycles. The first-order valence-electron chi connectivity index (χ1n) is 4.40. The largest absolute Gasteiger partial charge is 0.286 e. The zero-order valence-corrected chi connectivity index (χ0v) is 9.25.